The number of nitrogens with one attached hydrogen (secondary N) is 2. The average Bonchev–Trinajstić information content (AvgIpc) is 2.93. The predicted octanol–water partition coefficient (Wildman–Crippen LogP) is 3.15. The van der Waals surface area contributed by atoms with Crippen LogP contribution < -0.4 is 5.32 Å². The molecule has 0 fully saturated rings. The molecular weight excluding hydrogens is 274 g/mol. The Kier molecular flexibility index (Phi) is 3.39. The van der Waals surface area contributed by atoms with Gasteiger partial charge in [-0.2, -0.15) is 0 Å². The number of carbonyl (C=O) groups is 1. The molecule has 20 heavy (non-hydrogen) atoms. The normalized spacial score (nSPS) is 10.7. The number of H-pyrrole nitrogens is 1. The quantitative estimate of drug-likeness (QED) is 0.777. The van der Waals surface area contributed by atoms with Crippen LogP contribution in [-0.2, 0) is 6.54 Å². The van der Waals surface area contributed by atoms with E-state index in [0.29, 0.717) is 17.1 Å². The second-order valence-electron chi connectivity index (χ2n) is 4.44. The van der Waals surface area contributed by atoms with Crippen LogP contribution in [0, 0.1) is 0 Å². The van der Waals surface area contributed by atoms with Gasteiger partial charge in [0.1, 0.15) is 0 Å². The molecule has 0 unspecified atom stereocenters. The topological polar surface area (TPSA) is 57.8 Å². The first kappa shape index (κ1) is 12.7. The van der Waals surface area contributed by atoms with E-state index in [1.54, 1.807) is 30.6 Å². The van der Waals surface area contributed by atoms with Crippen molar-refractivity contribution < 1.29 is 4.79 Å². The first-order valence-electron chi connectivity index (χ1n) is 6.18. The minimum Gasteiger partial charge on any atom is -0.348 e. The third kappa shape index (κ3) is 2.65. The van der Waals surface area contributed by atoms with Gasteiger partial charge in [-0.05, 0) is 42.0 Å². The van der Waals surface area contributed by atoms with Gasteiger partial charge in [0.2, 0.25) is 0 Å². The van der Waals surface area contributed by atoms with Crippen LogP contribution in [0.25, 0.3) is 11.0 Å². The predicted molar refractivity (Wildman–Crippen MR) is 78.7 cm³/mol. The van der Waals surface area contributed by atoms with Gasteiger partial charge in [0, 0.05) is 17.1 Å². The number of amides is 1. The Morgan fingerprint density at radius 3 is 2.80 bits per heavy atom. The van der Waals surface area contributed by atoms with Gasteiger partial charge in [-0.25, -0.2) is 4.98 Å². The van der Waals surface area contributed by atoms with Gasteiger partial charge in [0.05, 0.1) is 17.4 Å². The molecule has 2 aromatic carbocycles. The van der Waals surface area contributed by atoms with Crippen molar-refractivity contribution >= 4 is 28.5 Å². The van der Waals surface area contributed by atoms with Crippen molar-refractivity contribution in [2.45, 2.75) is 6.54 Å². The summed E-state index contributed by atoms with van der Waals surface area (Å²) in [5.41, 5.74) is 3.49. The Morgan fingerprint density at radius 1 is 1.20 bits per heavy atom. The summed E-state index contributed by atoms with van der Waals surface area (Å²) in [6.07, 6.45) is 1.65. The lowest BCUT2D eigenvalue weighted by molar-refractivity contribution is 0.0951. The molecule has 1 aromatic heterocycles. The zero-order chi connectivity index (χ0) is 13.9. The SMILES string of the molecule is O=C(NCc1ccc2nc[nH]c2c1)c1ccc(Cl)cc1. The Morgan fingerprint density at radius 2 is 2.00 bits per heavy atom. The Labute approximate surface area is 120 Å². The summed E-state index contributed by atoms with van der Waals surface area (Å²) in [5.74, 6) is -0.119. The van der Waals surface area contributed by atoms with E-state index in [-0.39, 0.29) is 5.91 Å². The Balaban J connectivity index is 1.69. The van der Waals surface area contributed by atoms with Crippen LogP contribution in [-0.4, -0.2) is 15.9 Å². The minimum atomic E-state index is -0.119. The molecule has 0 spiro atoms. The van der Waals surface area contributed by atoms with E-state index in [2.05, 4.69) is 15.3 Å². The highest BCUT2D eigenvalue weighted by Crippen LogP contribution is 2.12. The molecule has 0 radical (unpaired) electrons. The van der Waals surface area contributed by atoms with Crippen molar-refractivity contribution in [3.8, 4) is 0 Å². The van der Waals surface area contributed by atoms with Crippen LogP contribution in [0.5, 0.6) is 0 Å². The van der Waals surface area contributed by atoms with Gasteiger partial charge in [0.25, 0.3) is 5.91 Å². The van der Waals surface area contributed by atoms with Crippen molar-refractivity contribution in [3.63, 3.8) is 0 Å². The number of hydrogen-bond acceptors (Lipinski definition) is 2. The fourth-order valence-electron chi connectivity index (χ4n) is 1.98. The molecule has 0 atom stereocenters. The van der Waals surface area contributed by atoms with Crippen LogP contribution >= 0.6 is 11.6 Å². The summed E-state index contributed by atoms with van der Waals surface area (Å²) >= 11 is 5.79. The molecular formula is C15H12ClN3O. The van der Waals surface area contributed by atoms with E-state index in [1.807, 2.05) is 18.2 Å². The van der Waals surface area contributed by atoms with Crippen molar-refractivity contribution in [1.29, 1.82) is 0 Å². The Bertz CT molecular complexity index is 749. The van der Waals surface area contributed by atoms with E-state index < -0.39 is 0 Å². The summed E-state index contributed by atoms with van der Waals surface area (Å²) in [6, 6.07) is 12.7. The fraction of sp³-hybridized carbons (Fsp3) is 0.0667. The monoisotopic (exact) mass is 285 g/mol. The van der Waals surface area contributed by atoms with Crippen LogP contribution in [0.2, 0.25) is 5.02 Å². The molecule has 0 aliphatic rings. The number of aromatic nitrogens is 2. The third-order valence-corrected chi connectivity index (χ3v) is 3.30. The zero-order valence-electron chi connectivity index (χ0n) is 10.6. The van der Waals surface area contributed by atoms with Gasteiger partial charge >= 0.3 is 0 Å². The highest BCUT2D eigenvalue weighted by atomic mass is 35.5. The lowest BCUT2D eigenvalue weighted by Gasteiger charge is -2.05. The van der Waals surface area contributed by atoms with E-state index in [9.17, 15) is 4.79 Å². The third-order valence-electron chi connectivity index (χ3n) is 3.04. The molecule has 0 aliphatic heterocycles. The lowest BCUT2D eigenvalue weighted by Crippen LogP contribution is -2.22. The maximum absolute atomic E-state index is 12.0. The molecule has 4 nitrogen and oxygen atoms in total. The number of fused-ring (bicyclic) bond motifs is 1. The number of hydrogen-bond donors (Lipinski definition) is 2. The highest BCUT2D eigenvalue weighted by Gasteiger charge is 2.05. The molecule has 0 saturated carbocycles. The Hall–Kier alpha value is -2.33. The lowest BCUT2D eigenvalue weighted by atomic mass is 10.2. The van der Waals surface area contributed by atoms with Crippen molar-refractivity contribution in [1.82, 2.24) is 15.3 Å². The first-order chi connectivity index (χ1) is 9.72. The van der Waals surface area contributed by atoms with E-state index >= 15 is 0 Å². The van der Waals surface area contributed by atoms with Crippen LogP contribution in [0.4, 0.5) is 0 Å². The number of imidazole rings is 1. The molecule has 2 N–H and O–H groups in total. The van der Waals surface area contributed by atoms with Gasteiger partial charge < -0.3 is 10.3 Å². The highest BCUT2D eigenvalue weighted by molar-refractivity contribution is 6.30. The molecule has 1 amide bonds. The molecule has 0 aliphatic carbocycles. The van der Waals surface area contributed by atoms with E-state index in [1.165, 1.54) is 0 Å². The summed E-state index contributed by atoms with van der Waals surface area (Å²) in [5, 5.41) is 3.49. The van der Waals surface area contributed by atoms with Crippen molar-refractivity contribution in [2.75, 3.05) is 0 Å². The summed E-state index contributed by atoms with van der Waals surface area (Å²) in [4.78, 5) is 19.2. The molecule has 100 valence electrons. The minimum absolute atomic E-state index is 0.119. The first-order valence-corrected chi connectivity index (χ1v) is 6.56. The number of aromatic amines is 1. The maximum Gasteiger partial charge on any atom is 0.251 e. The molecule has 0 saturated heterocycles. The van der Waals surface area contributed by atoms with Gasteiger partial charge in [-0.3, -0.25) is 4.79 Å². The second-order valence-corrected chi connectivity index (χ2v) is 4.88. The van der Waals surface area contributed by atoms with Crippen LogP contribution in [0.1, 0.15) is 15.9 Å². The van der Waals surface area contributed by atoms with Gasteiger partial charge in [-0.15, -0.1) is 0 Å². The summed E-state index contributed by atoms with van der Waals surface area (Å²) in [6.45, 7) is 0.469. The maximum atomic E-state index is 12.0. The molecule has 0 bridgehead atoms. The van der Waals surface area contributed by atoms with E-state index in [4.69, 9.17) is 11.6 Å². The molecule has 5 heteroatoms. The smallest absolute Gasteiger partial charge is 0.251 e. The number of carbonyl (C=O) groups excluding carboxylic acids is 1. The number of rotatable bonds is 3. The number of benzene rings is 2. The molecule has 3 aromatic rings. The van der Waals surface area contributed by atoms with Crippen LogP contribution in [0.3, 0.4) is 0 Å². The van der Waals surface area contributed by atoms with Gasteiger partial charge in [-0.1, -0.05) is 17.7 Å². The van der Waals surface area contributed by atoms with E-state index in [0.717, 1.165) is 16.6 Å². The zero-order valence-corrected chi connectivity index (χ0v) is 11.3. The number of halogens is 1. The van der Waals surface area contributed by atoms with Crippen molar-refractivity contribution in [3.05, 3.63) is 64.9 Å². The number of nitrogens with zero attached hydrogens (tertiary/aromatic N) is 1. The van der Waals surface area contributed by atoms with Crippen LogP contribution in [0.15, 0.2) is 48.8 Å². The van der Waals surface area contributed by atoms with Gasteiger partial charge in [0.15, 0.2) is 0 Å². The molecule has 3 rings (SSSR count). The molecule has 1 heterocycles. The fourth-order valence-corrected chi connectivity index (χ4v) is 2.10. The largest absolute Gasteiger partial charge is 0.348 e. The standard InChI is InChI=1S/C15H12ClN3O/c16-12-4-2-11(3-5-12)15(20)17-8-10-1-6-13-14(7-10)19-9-18-13/h1-7,9H,8H2,(H,17,20)(H,18,19). The average molecular weight is 286 g/mol. The summed E-state index contributed by atoms with van der Waals surface area (Å²) < 4.78 is 0. The summed E-state index contributed by atoms with van der Waals surface area (Å²) in [7, 11) is 0. The van der Waals surface area contributed by atoms with Crippen molar-refractivity contribution in [2.24, 2.45) is 0 Å². The second kappa shape index (κ2) is 5.35.